The molecule has 7 heteroatoms. The number of hydrogen-bond donors (Lipinski definition) is 1. The van der Waals surface area contributed by atoms with E-state index in [4.69, 9.17) is 9.97 Å². The van der Waals surface area contributed by atoms with E-state index in [1.54, 1.807) is 18.2 Å². The lowest BCUT2D eigenvalue weighted by molar-refractivity contribution is 0.0697. The van der Waals surface area contributed by atoms with E-state index in [2.05, 4.69) is 48.0 Å². The molecule has 0 radical (unpaired) electrons. The van der Waals surface area contributed by atoms with Crippen LogP contribution in [0.25, 0.3) is 16.6 Å². The Kier molecular flexibility index (Phi) is 4.74. The second-order valence-corrected chi connectivity index (χ2v) is 7.48. The SMILES string of the molecule is CCC1=NN=C2CC=C(c3nc4ccc(C(=O)O)cc4nc3N(C)C(C)C)C=C12. The number of rotatable bonds is 5. The lowest BCUT2D eigenvalue weighted by atomic mass is 9.92. The Morgan fingerprint density at radius 3 is 2.69 bits per heavy atom. The van der Waals surface area contributed by atoms with Gasteiger partial charge in [0.2, 0.25) is 0 Å². The van der Waals surface area contributed by atoms with Crippen LogP contribution in [-0.4, -0.2) is 45.6 Å². The largest absolute Gasteiger partial charge is 0.478 e. The maximum atomic E-state index is 11.4. The highest BCUT2D eigenvalue weighted by Gasteiger charge is 2.25. The summed E-state index contributed by atoms with van der Waals surface area (Å²) >= 11 is 0. The van der Waals surface area contributed by atoms with E-state index >= 15 is 0 Å². The maximum absolute atomic E-state index is 11.4. The van der Waals surface area contributed by atoms with Crippen LogP contribution in [0.4, 0.5) is 5.82 Å². The van der Waals surface area contributed by atoms with Gasteiger partial charge in [0.05, 0.1) is 28.0 Å². The van der Waals surface area contributed by atoms with Crippen molar-refractivity contribution in [3.63, 3.8) is 0 Å². The number of carboxylic acids is 1. The molecular weight excluding hydrogens is 366 g/mol. The number of carboxylic acid groups (broad SMARTS) is 1. The van der Waals surface area contributed by atoms with Crippen LogP contribution in [0.15, 0.2) is 46.1 Å². The topological polar surface area (TPSA) is 91.0 Å². The highest BCUT2D eigenvalue weighted by molar-refractivity contribution is 6.29. The number of allylic oxidation sites excluding steroid dienone is 4. The molecular formula is C22H23N5O2. The predicted molar refractivity (Wildman–Crippen MR) is 116 cm³/mol. The van der Waals surface area contributed by atoms with Gasteiger partial charge < -0.3 is 10.0 Å². The van der Waals surface area contributed by atoms with E-state index in [0.717, 1.165) is 40.5 Å². The molecule has 0 saturated carbocycles. The molecule has 4 rings (SSSR count). The third-order valence-corrected chi connectivity index (χ3v) is 5.34. The van der Waals surface area contributed by atoms with E-state index in [-0.39, 0.29) is 11.6 Å². The van der Waals surface area contributed by atoms with Gasteiger partial charge in [-0.2, -0.15) is 10.2 Å². The van der Waals surface area contributed by atoms with E-state index in [0.29, 0.717) is 17.5 Å². The minimum atomic E-state index is -0.976. The number of aromatic nitrogens is 2. The van der Waals surface area contributed by atoms with Crippen molar-refractivity contribution in [1.29, 1.82) is 0 Å². The zero-order chi connectivity index (χ0) is 20.7. The van der Waals surface area contributed by atoms with Crippen LogP contribution in [0.1, 0.15) is 49.7 Å². The fourth-order valence-corrected chi connectivity index (χ4v) is 3.42. The molecule has 0 amide bonds. The molecule has 7 nitrogen and oxygen atoms in total. The van der Waals surface area contributed by atoms with E-state index < -0.39 is 5.97 Å². The first kappa shape index (κ1) is 19.0. The molecule has 0 fully saturated rings. The van der Waals surface area contributed by atoms with Crippen molar-refractivity contribution >= 4 is 39.8 Å². The first-order valence-electron chi connectivity index (χ1n) is 9.73. The number of hydrogen-bond acceptors (Lipinski definition) is 6. The summed E-state index contributed by atoms with van der Waals surface area (Å²) in [6, 6.07) is 5.05. The predicted octanol–water partition coefficient (Wildman–Crippen LogP) is 4.11. The molecule has 0 spiro atoms. The average Bonchev–Trinajstić information content (AvgIpc) is 3.13. The van der Waals surface area contributed by atoms with Crippen LogP contribution in [0, 0.1) is 0 Å². The monoisotopic (exact) mass is 389 g/mol. The molecule has 0 atom stereocenters. The summed E-state index contributed by atoms with van der Waals surface area (Å²) in [7, 11) is 1.98. The Bertz CT molecular complexity index is 1140. The van der Waals surface area contributed by atoms with Gasteiger partial charge in [0, 0.05) is 30.7 Å². The quantitative estimate of drug-likeness (QED) is 0.831. The summed E-state index contributed by atoms with van der Waals surface area (Å²) in [5.41, 5.74) is 6.26. The molecule has 1 aromatic heterocycles. The number of benzene rings is 1. The van der Waals surface area contributed by atoms with Crippen LogP contribution < -0.4 is 4.90 Å². The van der Waals surface area contributed by atoms with Gasteiger partial charge in [-0.15, -0.1) is 0 Å². The molecule has 29 heavy (non-hydrogen) atoms. The van der Waals surface area contributed by atoms with Crippen molar-refractivity contribution < 1.29 is 9.90 Å². The van der Waals surface area contributed by atoms with E-state index in [9.17, 15) is 9.90 Å². The van der Waals surface area contributed by atoms with Gasteiger partial charge in [-0.1, -0.05) is 13.0 Å². The molecule has 1 aliphatic heterocycles. The van der Waals surface area contributed by atoms with Gasteiger partial charge in [-0.3, -0.25) is 0 Å². The van der Waals surface area contributed by atoms with Crippen molar-refractivity contribution in [1.82, 2.24) is 9.97 Å². The molecule has 2 aromatic rings. The minimum absolute atomic E-state index is 0.201. The van der Waals surface area contributed by atoms with Crippen molar-refractivity contribution in [2.75, 3.05) is 11.9 Å². The Morgan fingerprint density at radius 2 is 2.00 bits per heavy atom. The van der Waals surface area contributed by atoms with Gasteiger partial charge >= 0.3 is 5.97 Å². The van der Waals surface area contributed by atoms with Crippen LogP contribution in [0.2, 0.25) is 0 Å². The number of carbonyl (C=O) groups is 1. The first-order chi connectivity index (χ1) is 13.9. The molecule has 0 unspecified atom stereocenters. The fourth-order valence-electron chi connectivity index (χ4n) is 3.42. The van der Waals surface area contributed by atoms with Crippen LogP contribution in [0.5, 0.6) is 0 Å². The third-order valence-electron chi connectivity index (χ3n) is 5.34. The summed E-state index contributed by atoms with van der Waals surface area (Å²) in [4.78, 5) is 23.1. The second kappa shape index (κ2) is 7.24. The fraction of sp³-hybridized carbons (Fsp3) is 0.318. The zero-order valence-corrected chi connectivity index (χ0v) is 17.0. The molecule has 1 N–H and O–H groups in total. The smallest absolute Gasteiger partial charge is 0.335 e. The Hall–Kier alpha value is -3.35. The number of fused-ring (bicyclic) bond motifs is 2. The zero-order valence-electron chi connectivity index (χ0n) is 17.0. The summed E-state index contributed by atoms with van der Waals surface area (Å²) in [6.45, 7) is 6.24. The Balaban J connectivity index is 1.89. The molecule has 2 aliphatic rings. The van der Waals surface area contributed by atoms with E-state index in [1.165, 1.54) is 0 Å². The average molecular weight is 389 g/mol. The molecule has 1 aliphatic carbocycles. The van der Waals surface area contributed by atoms with Gasteiger partial charge in [-0.05, 0) is 44.5 Å². The molecule has 1 aromatic carbocycles. The lowest BCUT2D eigenvalue weighted by Crippen LogP contribution is -2.28. The van der Waals surface area contributed by atoms with Crippen molar-refractivity contribution in [2.45, 2.75) is 39.7 Å². The van der Waals surface area contributed by atoms with Crippen LogP contribution in [-0.2, 0) is 0 Å². The van der Waals surface area contributed by atoms with E-state index in [1.807, 2.05) is 7.05 Å². The standard InChI is InChI=1S/C22H23N5O2/c1-5-16-15-10-13(6-8-17(15)26-25-16)20-21(27(4)12(2)3)24-19-11-14(22(28)29)7-9-18(19)23-20/h6-7,9-12H,5,8H2,1-4H3,(H,28,29). The highest BCUT2D eigenvalue weighted by Crippen LogP contribution is 2.33. The Labute approximate surface area is 169 Å². The molecule has 148 valence electrons. The Morgan fingerprint density at radius 1 is 1.21 bits per heavy atom. The maximum Gasteiger partial charge on any atom is 0.335 e. The van der Waals surface area contributed by atoms with Crippen molar-refractivity contribution in [3.8, 4) is 0 Å². The van der Waals surface area contributed by atoms with Crippen molar-refractivity contribution in [3.05, 3.63) is 47.2 Å². The van der Waals surface area contributed by atoms with Gasteiger partial charge in [0.1, 0.15) is 5.69 Å². The summed E-state index contributed by atoms with van der Waals surface area (Å²) in [6.07, 6.45) is 5.73. The van der Waals surface area contributed by atoms with Gasteiger partial charge in [-0.25, -0.2) is 14.8 Å². The molecule has 0 bridgehead atoms. The van der Waals surface area contributed by atoms with Crippen LogP contribution in [0.3, 0.4) is 0 Å². The minimum Gasteiger partial charge on any atom is -0.478 e. The molecule has 2 heterocycles. The second-order valence-electron chi connectivity index (χ2n) is 7.48. The summed E-state index contributed by atoms with van der Waals surface area (Å²) in [5, 5.41) is 17.9. The van der Waals surface area contributed by atoms with Gasteiger partial charge in [0.25, 0.3) is 0 Å². The highest BCUT2D eigenvalue weighted by atomic mass is 16.4. The van der Waals surface area contributed by atoms with Crippen molar-refractivity contribution in [2.24, 2.45) is 10.2 Å². The van der Waals surface area contributed by atoms with Gasteiger partial charge in [0.15, 0.2) is 5.82 Å². The normalized spacial score (nSPS) is 15.6. The summed E-state index contributed by atoms with van der Waals surface area (Å²) in [5.74, 6) is -0.248. The number of nitrogens with zero attached hydrogens (tertiary/aromatic N) is 5. The molecule has 0 saturated heterocycles. The lowest BCUT2D eigenvalue weighted by Gasteiger charge is -2.26. The van der Waals surface area contributed by atoms with Crippen LogP contribution >= 0.6 is 0 Å². The number of anilines is 1. The third kappa shape index (κ3) is 3.33. The first-order valence-corrected chi connectivity index (χ1v) is 9.73. The number of aromatic carboxylic acids is 1. The summed E-state index contributed by atoms with van der Waals surface area (Å²) < 4.78 is 0.